The van der Waals surface area contributed by atoms with E-state index in [2.05, 4.69) is 5.32 Å². The third kappa shape index (κ3) is 3.35. The molecule has 1 aliphatic heterocycles. The summed E-state index contributed by atoms with van der Waals surface area (Å²) >= 11 is 0. The summed E-state index contributed by atoms with van der Waals surface area (Å²) in [6, 6.07) is 6.03. The lowest BCUT2D eigenvalue weighted by atomic mass is 9.98. The zero-order valence-corrected chi connectivity index (χ0v) is 12.2. The normalized spacial score (nSPS) is 19.2. The molecule has 0 aliphatic carbocycles. The molecule has 1 amide bonds. The zero-order valence-electron chi connectivity index (χ0n) is 12.2. The van der Waals surface area contributed by atoms with Gasteiger partial charge in [-0.1, -0.05) is 18.2 Å². The molecule has 104 valence electrons. The van der Waals surface area contributed by atoms with Gasteiger partial charge in [0.15, 0.2) is 0 Å². The Kier molecular flexibility index (Phi) is 4.59. The molecular formula is C16H24N2O. The third-order valence-corrected chi connectivity index (χ3v) is 3.97. The first kappa shape index (κ1) is 14.1. The monoisotopic (exact) mass is 260 g/mol. The van der Waals surface area contributed by atoms with Crippen molar-refractivity contribution in [1.82, 2.24) is 10.2 Å². The second-order valence-electron chi connectivity index (χ2n) is 5.66. The fourth-order valence-corrected chi connectivity index (χ4v) is 2.89. The SMILES string of the molecule is Cc1cccc(C)c1C(=O)N(C)CC1CCCNC1. The van der Waals surface area contributed by atoms with Gasteiger partial charge in [0, 0.05) is 19.2 Å². The minimum atomic E-state index is 0.154. The van der Waals surface area contributed by atoms with Crippen LogP contribution in [0, 0.1) is 19.8 Å². The van der Waals surface area contributed by atoms with E-state index in [9.17, 15) is 4.79 Å². The molecule has 3 nitrogen and oxygen atoms in total. The van der Waals surface area contributed by atoms with Crippen molar-refractivity contribution in [3.63, 3.8) is 0 Å². The van der Waals surface area contributed by atoms with E-state index >= 15 is 0 Å². The summed E-state index contributed by atoms with van der Waals surface area (Å²) in [7, 11) is 1.92. The summed E-state index contributed by atoms with van der Waals surface area (Å²) in [5, 5.41) is 3.40. The van der Waals surface area contributed by atoms with Crippen LogP contribution in [0.25, 0.3) is 0 Å². The number of piperidine rings is 1. The number of rotatable bonds is 3. The van der Waals surface area contributed by atoms with Crippen molar-refractivity contribution in [2.75, 3.05) is 26.7 Å². The highest BCUT2D eigenvalue weighted by molar-refractivity contribution is 5.96. The molecule has 3 heteroatoms. The van der Waals surface area contributed by atoms with Crippen molar-refractivity contribution in [1.29, 1.82) is 0 Å². The first-order valence-electron chi connectivity index (χ1n) is 7.12. The van der Waals surface area contributed by atoms with Gasteiger partial charge >= 0.3 is 0 Å². The topological polar surface area (TPSA) is 32.3 Å². The second kappa shape index (κ2) is 6.20. The van der Waals surface area contributed by atoms with Crippen LogP contribution in [0.4, 0.5) is 0 Å². The number of nitrogens with one attached hydrogen (secondary N) is 1. The Bertz CT molecular complexity index is 430. The smallest absolute Gasteiger partial charge is 0.254 e. The Balaban J connectivity index is 2.06. The molecule has 0 saturated carbocycles. The molecule has 1 aromatic rings. The van der Waals surface area contributed by atoms with Crippen LogP contribution in [-0.4, -0.2) is 37.5 Å². The van der Waals surface area contributed by atoms with Gasteiger partial charge in [0.1, 0.15) is 0 Å². The molecule has 0 aromatic heterocycles. The van der Waals surface area contributed by atoms with Crippen LogP contribution in [0.2, 0.25) is 0 Å². The van der Waals surface area contributed by atoms with Crippen molar-refractivity contribution in [2.24, 2.45) is 5.92 Å². The number of hydrogen-bond donors (Lipinski definition) is 1. The highest BCUT2D eigenvalue weighted by atomic mass is 16.2. The fourth-order valence-electron chi connectivity index (χ4n) is 2.89. The lowest BCUT2D eigenvalue weighted by Gasteiger charge is -2.28. The maximum Gasteiger partial charge on any atom is 0.254 e. The predicted octanol–water partition coefficient (Wildman–Crippen LogP) is 2.38. The number of nitrogens with zero attached hydrogens (tertiary/aromatic N) is 1. The summed E-state index contributed by atoms with van der Waals surface area (Å²) in [4.78, 5) is 14.4. The van der Waals surface area contributed by atoms with Gasteiger partial charge in [0.05, 0.1) is 0 Å². The van der Waals surface area contributed by atoms with Crippen LogP contribution >= 0.6 is 0 Å². The summed E-state index contributed by atoms with van der Waals surface area (Å²) in [5.41, 5.74) is 3.01. The molecule has 1 aromatic carbocycles. The second-order valence-corrected chi connectivity index (χ2v) is 5.66. The predicted molar refractivity (Wildman–Crippen MR) is 78.5 cm³/mol. The molecule has 1 atom stereocenters. The van der Waals surface area contributed by atoms with E-state index in [-0.39, 0.29) is 5.91 Å². The average Bonchev–Trinajstić information content (AvgIpc) is 2.39. The molecular weight excluding hydrogens is 236 g/mol. The van der Waals surface area contributed by atoms with Gasteiger partial charge in [0.25, 0.3) is 5.91 Å². The summed E-state index contributed by atoms with van der Waals surface area (Å²) in [6.45, 7) is 7.02. The number of benzene rings is 1. The van der Waals surface area contributed by atoms with E-state index in [0.29, 0.717) is 5.92 Å². The molecule has 0 spiro atoms. The van der Waals surface area contributed by atoms with Crippen LogP contribution in [0.15, 0.2) is 18.2 Å². The molecule has 1 aliphatic rings. The van der Waals surface area contributed by atoms with Gasteiger partial charge in [-0.15, -0.1) is 0 Å². The van der Waals surface area contributed by atoms with Gasteiger partial charge < -0.3 is 10.2 Å². The molecule has 1 unspecified atom stereocenters. The number of amides is 1. The first-order valence-corrected chi connectivity index (χ1v) is 7.12. The molecule has 0 bridgehead atoms. The largest absolute Gasteiger partial charge is 0.341 e. The average molecular weight is 260 g/mol. The van der Waals surface area contributed by atoms with Crippen LogP contribution < -0.4 is 5.32 Å². The van der Waals surface area contributed by atoms with Crippen molar-refractivity contribution >= 4 is 5.91 Å². The van der Waals surface area contributed by atoms with Crippen molar-refractivity contribution in [2.45, 2.75) is 26.7 Å². The van der Waals surface area contributed by atoms with Crippen molar-refractivity contribution < 1.29 is 4.79 Å². The Labute approximate surface area is 116 Å². The van der Waals surface area contributed by atoms with E-state index < -0.39 is 0 Å². The van der Waals surface area contributed by atoms with Crippen molar-refractivity contribution in [3.8, 4) is 0 Å². The highest BCUT2D eigenvalue weighted by Gasteiger charge is 2.20. The number of hydrogen-bond acceptors (Lipinski definition) is 2. The van der Waals surface area contributed by atoms with Gasteiger partial charge in [-0.25, -0.2) is 0 Å². The van der Waals surface area contributed by atoms with Crippen LogP contribution in [0.3, 0.4) is 0 Å². The molecule has 19 heavy (non-hydrogen) atoms. The van der Waals surface area contributed by atoms with E-state index in [0.717, 1.165) is 36.3 Å². The molecule has 1 N–H and O–H groups in total. The first-order chi connectivity index (χ1) is 9.09. The maximum atomic E-state index is 12.6. The molecule has 2 rings (SSSR count). The highest BCUT2D eigenvalue weighted by Crippen LogP contribution is 2.17. The standard InChI is InChI=1S/C16H24N2O/c1-12-6-4-7-13(2)15(12)16(19)18(3)11-14-8-5-9-17-10-14/h4,6-7,14,17H,5,8-11H2,1-3H3. The Morgan fingerprint density at radius 1 is 1.37 bits per heavy atom. The lowest BCUT2D eigenvalue weighted by Crippen LogP contribution is -2.39. The van der Waals surface area contributed by atoms with Crippen LogP contribution in [-0.2, 0) is 0 Å². The molecule has 1 fully saturated rings. The van der Waals surface area contributed by atoms with Crippen LogP contribution in [0.1, 0.15) is 34.3 Å². The summed E-state index contributed by atoms with van der Waals surface area (Å²) < 4.78 is 0. The quantitative estimate of drug-likeness (QED) is 0.905. The molecule has 1 heterocycles. The molecule has 1 saturated heterocycles. The van der Waals surface area contributed by atoms with Gasteiger partial charge in [0.2, 0.25) is 0 Å². The summed E-state index contributed by atoms with van der Waals surface area (Å²) in [5.74, 6) is 0.744. The third-order valence-electron chi connectivity index (χ3n) is 3.97. The Morgan fingerprint density at radius 2 is 2.05 bits per heavy atom. The summed E-state index contributed by atoms with van der Waals surface area (Å²) in [6.07, 6.45) is 2.44. The lowest BCUT2D eigenvalue weighted by molar-refractivity contribution is 0.0763. The van der Waals surface area contributed by atoms with Crippen molar-refractivity contribution in [3.05, 3.63) is 34.9 Å². The number of aryl methyl sites for hydroxylation is 2. The van der Waals surface area contributed by atoms with E-state index in [4.69, 9.17) is 0 Å². The van der Waals surface area contributed by atoms with Gasteiger partial charge in [-0.2, -0.15) is 0 Å². The minimum Gasteiger partial charge on any atom is -0.341 e. The van der Waals surface area contributed by atoms with Gasteiger partial charge in [-0.3, -0.25) is 4.79 Å². The molecule has 0 radical (unpaired) electrons. The Morgan fingerprint density at radius 3 is 2.63 bits per heavy atom. The number of carbonyl (C=O) groups excluding carboxylic acids is 1. The Hall–Kier alpha value is -1.35. The maximum absolute atomic E-state index is 12.6. The van der Waals surface area contributed by atoms with E-state index in [1.54, 1.807) is 0 Å². The zero-order chi connectivity index (χ0) is 13.8. The minimum absolute atomic E-state index is 0.154. The number of carbonyl (C=O) groups is 1. The van der Waals surface area contributed by atoms with Gasteiger partial charge in [-0.05, 0) is 56.8 Å². The van der Waals surface area contributed by atoms with E-state index in [1.165, 1.54) is 12.8 Å². The van der Waals surface area contributed by atoms with Crippen LogP contribution in [0.5, 0.6) is 0 Å². The van der Waals surface area contributed by atoms with E-state index in [1.807, 2.05) is 44.0 Å². The fraction of sp³-hybridized carbons (Fsp3) is 0.562.